The van der Waals surface area contributed by atoms with Gasteiger partial charge in [-0.15, -0.1) is 10.2 Å². The van der Waals surface area contributed by atoms with Crippen LogP contribution >= 0.6 is 0 Å². The lowest BCUT2D eigenvalue weighted by Crippen LogP contribution is -2.25. The zero-order chi connectivity index (χ0) is 19.2. The van der Waals surface area contributed by atoms with Crippen LogP contribution in [0.25, 0.3) is 11.1 Å². The fourth-order valence-corrected chi connectivity index (χ4v) is 3.21. The third-order valence-electron chi connectivity index (χ3n) is 4.63. The van der Waals surface area contributed by atoms with Crippen LogP contribution in [0.15, 0.2) is 42.6 Å². The number of anilines is 1. The molecule has 2 heterocycles. The molecule has 3 rings (SSSR count). The highest BCUT2D eigenvalue weighted by molar-refractivity contribution is 5.71. The Hall–Kier alpha value is -3.29. The number of carboxylic acid groups (broad SMARTS) is 1. The number of aromatic amines is 1. The molecule has 0 aliphatic carbocycles. The number of tetrazole rings is 1. The van der Waals surface area contributed by atoms with E-state index in [0.29, 0.717) is 24.5 Å². The largest absolute Gasteiger partial charge is 0.481 e. The lowest BCUT2D eigenvalue weighted by molar-refractivity contribution is -0.142. The van der Waals surface area contributed by atoms with E-state index in [-0.39, 0.29) is 5.92 Å². The SMILES string of the molecule is CCC[C@H](C(=O)O)[C@H](Cc1ccc(-c2ccc(N)nc2)cc1)c1nn[nH]n1. The van der Waals surface area contributed by atoms with Crippen LogP contribution in [0.2, 0.25) is 0 Å². The summed E-state index contributed by atoms with van der Waals surface area (Å²) in [5.41, 5.74) is 8.63. The van der Waals surface area contributed by atoms with Crippen LogP contribution < -0.4 is 5.73 Å². The number of H-pyrrole nitrogens is 1. The molecule has 0 spiro atoms. The van der Waals surface area contributed by atoms with Gasteiger partial charge in [-0.1, -0.05) is 42.8 Å². The molecule has 0 bridgehead atoms. The van der Waals surface area contributed by atoms with Gasteiger partial charge in [0.2, 0.25) is 0 Å². The summed E-state index contributed by atoms with van der Waals surface area (Å²) in [6.45, 7) is 1.97. The third-order valence-corrected chi connectivity index (χ3v) is 4.63. The number of hydrogen-bond acceptors (Lipinski definition) is 6. The number of carbonyl (C=O) groups is 1. The molecule has 0 aliphatic heterocycles. The van der Waals surface area contributed by atoms with Gasteiger partial charge >= 0.3 is 5.97 Å². The summed E-state index contributed by atoms with van der Waals surface area (Å²) in [6, 6.07) is 11.6. The number of nitrogen functional groups attached to an aromatic ring is 1. The van der Waals surface area contributed by atoms with E-state index in [9.17, 15) is 9.90 Å². The van der Waals surface area contributed by atoms with Crippen molar-refractivity contribution in [2.45, 2.75) is 32.1 Å². The number of rotatable bonds is 8. The fraction of sp³-hybridized carbons (Fsp3) is 0.316. The van der Waals surface area contributed by atoms with Gasteiger partial charge in [-0.25, -0.2) is 4.98 Å². The molecule has 2 aromatic heterocycles. The van der Waals surface area contributed by atoms with Crippen molar-refractivity contribution in [1.29, 1.82) is 0 Å². The van der Waals surface area contributed by atoms with E-state index >= 15 is 0 Å². The molecule has 0 aliphatic rings. The summed E-state index contributed by atoms with van der Waals surface area (Å²) in [4.78, 5) is 15.9. The van der Waals surface area contributed by atoms with Crippen LogP contribution in [-0.4, -0.2) is 36.7 Å². The lowest BCUT2D eigenvalue weighted by atomic mass is 9.83. The summed E-state index contributed by atoms with van der Waals surface area (Å²) < 4.78 is 0. The van der Waals surface area contributed by atoms with Crippen LogP contribution in [0.4, 0.5) is 5.82 Å². The van der Waals surface area contributed by atoms with E-state index < -0.39 is 11.9 Å². The summed E-state index contributed by atoms with van der Waals surface area (Å²) in [6.07, 6.45) is 3.59. The van der Waals surface area contributed by atoms with Crippen LogP contribution in [0.3, 0.4) is 0 Å². The molecule has 0 amide bonds. The van der Waals surface area contributed by atoms with Crippen LogP contribution in [-0.2, 0) is 11.2 Å². The maximum absolute atomic E-state index is 11.8. The molecule has 8 heteroatoms. The molecule has 0 fully saturated rings. The maximum atomic E-state index is 11.8. The van der Waals surface area contributed by atoms with E-state index in [1.807, 2.05) is 37.3 Å². The van der Waals surface area contributed by atoms with Crippen molar-refractivity contribution in [3.05, 3.63) is 54.0 Å². The number of aliphatic carboxylic acids is 1. The molecule has 0 saturated carbocycles. The molecular weight excluding hydrogens is 344 g/mol. The van der Waals surface area contributed by atoms with Crippen molar-refractivity contribution in [3.63, 3.8) is 0 Å². The highest BCUT2D eigenvalue weighted by Crippen LogP contribution is 2.30. The number of nitrogens with two attached hydrogens (primary N) is 1. The number of hydrogen-bond donors (Lipinski definition) is 3. The number of pyridine rings is 1. The smallest absolute Gasteiger partial charge is 0.307 e. The molecule has 27 heavy (non-hydrogen) atoms. The van der Waals surface area contributed by atoms with Gasteiger partial charge in [0.15, 0.2) is 5.82 Å². The molecule has 0 saturated heterocycles. The molecule has 1 aromatic carbocycles. The van der Waals surface area contributed by atoms with Gasteiger partial charge in [0.1, 0.15) is 5.82 Å². The van der Waals surface area contributed by atoms with E-state index in [2.05, 4.69) is 25.6 Å². The average Bonchev–Trinajstić information content (AvgIpc) is 3.20. The lowest BCUT2D eigenvalue weighted by Gasteiger charge is -2.21. The van der Waals surface area contributed by atoms with E-state index in [1.54, 1.807) is 12.3 Å². The predicted molar refractivity (Wildman–Crippen MR) is 101 cm³/mol. The molecule has 140 valence electrons. The van der Waals surface area contributed by atoms with Crippen molar-refractivity contribution >= 4 is 11.8 Å². The van der Waals surface area contributed by atoms with Gasteiger partial charge in [-0.05, 0) is 36.1 Å². The summed E-state index contributed by atoms with van der Waals surface area (Å²) in [5.74, 6) is -0.827. The first kappa shape index (κ1) is 18.5. The number of carboxylic acids is 1. The number of nitrogens with zero attached hydrogens (tertiary/aromatic N) is 4. The first-order chi connectivity index (χ1) is 13.1. The highest BCUT2D eigenvalue weighted by atomic mass is 16.4. The summed E-state index contributed by atoms with van der Waals surface area (Å²) in [7, 11) is 0. The number of aromatic nitrogens is 5. The van der Waals surface area contributed by atoms with Crippen LogP contribution in [0.5, 0.6) is 0 Å². The average molecular weight is 366 g/mol. The summed E-state index contributed by atoms with van der Waals surface area (Å²) >= 11 is 0. The molecule has 0 unspecified atom stereocenters. The molecule has 0 radical (unpaired) electrons. The van der Waals surface area contributed by atoms with E-state index in [1.165, 1.54) is 0 Å². The van der Waals surface area contributed by atoms with Gasteiger partial charge in [0.05, 0.1) is 5.92 Å². The fourth-order valence-electron chi connectivity index (χ4n) is 3.21. The number of nitrogens with one attached hydrogen (secondary N) is 1. The van der Waals surface area contributed by atoms with Gasteiger partial charge in [-0.2, -0.15) is 5.21 Å². The highest BCUT2D eigenvalue weighted by Gasteiger charge is 2.31. The van der Waals surface area contributed by atoms with Gasteiger partial charge in [0.25, 0.3) is 0 Å². The van der Waals surface area contributed by atoms with Crippen LogP contribution in [0, 0.1) is 5.92 Å². The molecule has 3 aromatic rings. The quantitative estimate of drug-likeness (QED) is 0.558. The van der Waals surface area contributed by atoms with Crippen molar-refractivity contribution in [1.82, 2.24) is 25.6 Å². The Morgan fingerprint density at radius 1 is 1.19 bits per heavy atom. The predicted octanol–water partition coefficient (Wildman–Crippen LogP) is 2.67. The molecule has 4 N–H and O–H groups in total. The second kappa shape index (κ2) is 8.39. The van der Waals surface area contributed by atoms with Crippen molar-refractivity contribution < 1.29 is 9.90 Å². The maximum Gasteiger partial charge on any atom is 0.307 e. The molecule has 8 nitrogen and oxygen atoms in total. The molecular formula is C19H22N6O2. The van der Waals surface area contributed by atoms with Crippen molar-refractivity contribution in [3.8, 4) is 11.1 Å². The zero-order valence-electron chi connectivity index (χ0n) is 15.0. The minimum Gasteiger partial charge on any atom is -0.481 e. The normalized spacial score (nSPS) is 13.2. The monoisotopic (exact) mass is 366 g/mol. The van der Waals surface area contributed by atoms with Gasteiger partial charge in [0, 0.05) is 17.7 Å². The first-order valence-corrected chi connectivity index (χ1v) is 8.85. The Kier molecular flexibility index (Phi) is 5.75. The minimum atomic E-state index is -0.837. The standard InChI is InChI=1S/C19H22N6O2/c1-2-3-15(19(26)27)16(18-22-24-25-23-18)10-12-4-6-13(7-5-12)14-8-9-17(20)21-11-14/h4-9,11,15-16H,2-3,10H2,1H3,(H2,20,21)(H,26,27)(H,22,23,24,25)/t15-,16-/m0/s1. The van der Waals surface area contributed by atoms with E-state index in [0.717, 1.165) is 23.1 Å². The van der Waals surface area contributed by atoms with Crippen molar-refractivity contribution in [2.24, 2.45) is 5.92 Å². The second-order valence-corrected chi connectivity index (χ2v) is 6.48. The van der Waals surface area contributed by atoms with Crippen molar-refractivity contribution in [2.75, 3.05) is 5.73 Å². The Balaban J connectivity index is 1.83. The van der Waals surface area contributed by atoms with E-state index in [4.69, 9.17) is 5.73 Å². The first-order valence-electron chi connectivity index (χ1n) is 8.85. The Bertz CT molecular complexity index is 862. The summed E-state index contributed by atoms with van der Waals surface area (Å²) in [5, 5.41) is 23.8. The Labute approximate surface area is 156 Å². The second-order valence-electron chi connectivity index (χ2n) is 6.48. The Morgan fingerprint density at radius 2 is 1.93 bits per heavy atom. The van der Waals surface area contributed by atoms with Crippen LogP contribution in [0.1, 0.15) is 37.1 Å². The van der Waals surface area contributed by atoms with Gasteiger partial charge in [-0.3, -0.25) is 4.79 Å². The third kappa shape index (κ3) is 4.46. The number of benzene rings is 1. The molecule has 2 atom stereocenters. The minimum absolute atomic E-state index is 0.342. The zero-order valence-corrected chi connectivity index (χ0v) is 15.0. The topological polar surface area (TPSA) is 131 Å². The van der Waals surface area contributed by atoms with Gasteiger partial charge < -0.3 is 10.8 Å². The Morgan fingerprint density at radius 3 is 2.48 bits per heavy atom.